The van der Waals surface area contributed by atoms with E-state index in [1.807, 2.05) is 26.0 Å². The maximum absolute atomic E-state index is 12.8. The highest BCUT2D eigenvalue weighted by molar-refractivity contribution is 9.10. The van der Waals surface area contributed by atoms with Crippen LogP contribution in [0.15, 0.2) is 44.5 Å². The molecule has 0 aliphatic rings. The van der Waals surface area contributed by atoms with Crippen LogP contribution in [-0.4, -0.2) is 21.9 Å². The number of ketones is 1. The second-order valence-corrected chi connectivity index (χ2v) is 8.98. The van der Waals surface area contributed by atoms with Crippen LogP contribution in [-0.2, 0) is 13.5 Å². The van der Waals surface area contributed by atoms with E-state index >= 15 is 0 Å². The number of nitrogens with zero attached hydrogens (tertiary/aromatic N) is 4. The minimum absolute atomic E-state index is 0.0156. The molecule has 2 N–H and O–H groups in total. The van der Waals surface area contributed by atoms with Gasteiger partial charge in [0.25, 0.3) is 6.20 Å². The number of carbonyl (C=O) groups is 1. The Bertz CT molecular complexity index is 1340. The number of hydrogen-bond acceptors (Lipinski definition) is 8. The van der Waals surface area contributed by atoms with Crippen LogP contribution in [0.4, 0.5) is 11.6 Å². The monoisotopic (exact) mass is 499 g/mol. The van der Waals surface area contributed by atoms with E-state index in [0.29, 0.717) is 21.5 Å². The Kier molecular flexibility index (Phi) is 5.59. The zero-order chi connectivity index (χ0) is 22.3. The third kappa shape index (κ3) is 4.08. The molecule has 158 valence electrons. The van der Waals surface area contributed by atoms with Crippen LogP contribution in [0.2, 0.25) is 0 Å². The molecule has 0 atom stereocenters. The normalized spacial score (nSPS) is 11.9. The second kappa shape index (κ2) is 8.20. The third-order valence-corrected chi connectivity index (χ3v) is 6.55. The topological polar surface area (TPSA) is 121 Å². The van der Waals surface area contributed by atoms with Crippen LogP contribution in [0.1, 0.15) is 32.1 Å². The van der Waals surface area contributed by atoms with E-state index in [4.69, 9.17) is 10.3 Å². The van der Waals surface area contributed by atoms with E-state index in [2.05, 4.69) is 31.2 Å². The molecule has 4 aromatic rings. The summed E-state index contributed by atoms with van der Waals surface area (Å²) >= 11 is 4.55. The summed E-state index contributed by atoms with van der Waals surface area (Å²) in [5.41, 5.74) is 9.63. The molecule has 1 aromatic carbocycles. The van der Waals surface area contributed by atoms with Crippen molar-refractivity contribution in [3.05, 3.63) is 62.2 Å². The van der Waals surface area contributed by atoms with Crippen molar-refractivity contribution >= 4 is 60.7 Å². The Morgan fingerprint density at radius 2 is 2.03 bits per heavy atom. The van der Waals surface area contributed by atoms with Crippen LogP contribution >= 0.6 is 27.3 Å². The highest BCUT2D eigenvalue weighted by Crippen LogP contribution is 2.37. The lowest BCUT2D eigenvalue weighted by Gasteiger charge is -2.11. The molecule has 0 fully saturated rings. The summed E-state index contributed by atoms with van der Waals surface area (Å²) in [6.07, 6.45) is 1.68. The van der Waals surface area contributed by atoms with E-state index in [-0.39, 0.29) is 23.0 Å². The van der Waals surface area contributed by atoms with Crippen LogP contribution in [0.5, 0.6) is 0 Å². The first kappa shape index (κ1) is 21.1. The van der Waals surface area contributed by atoms with Crippen molar-refractivity contribution in [2.75, 3.05) is 5.73 Å². The first-order valence-corrected chi connectivity index (χ1v) is 10.9. The second-order valence-electron chi connectivity index (χ2n) is 7.06. The lowest BCUT2D eigenvalue weighted by atomic mass is 9.96. The number of pyridine rings is 1. The van der Waals surface area contributed by atoms with Gasteiger partial charge < -0.3 is 10.8 Å². The molecule has 10 heteroatoms. The molecule has 0 unspecified atom stereocenters. The van der Waals surface area contributed by atoms with Gasteiger partial charge in [0.05, 0.1) is 10.6 Å². The molecule has 0 radical (unpaired) electrons. The number of nitrogens with two attached hydrogens (primary N) is 1. The molecule has 3 heterocycles. The van der Waals surface area contributed by atoms with Crippen molar-refractivity contribution < 1.29 is 19.1 Å². The smallest absolute Gasteiger partial charge is 0.320 e. The predicted octanol–water partition coefficient (Wildman–Crippen LogP) is 2.93. The molecule has 31 heavy (non-hydrogen) atoms. The molecular formula is C21H18BrN5O3S. The SMILES string of the molecule is Cc1nc2sc(/C([O-])=N/c3c[n+](C)no3)c(N)c2c(C)c1CC(=O)c1ccc(Br)cc1. The minimum atomic E-state index is -0.526. The summed E-state index contributed by atoms with van der Waals surface area (Å²) in [5, 5.41) is 17.0. The summed E-state index contributed by atoms with van der Waals surface area (Å²) in [6, 6.07) is 7.23. The third-order valence-electron chi connectivity index (χ3n) is 4.93. The maximum atomic E-state index is 12.8. The molecule has 8 nitrogen and oxygen atoms in total. The average Bonchev–Trinajstić information content (AvgIpc) is 3.28. The molecule has 0 bridgehead atoms. The molecule has 0 spiro atoms. The standard InChI is InChI=1S/C21H18BrN5O3S/c1-10-14(8-15(28)12-4-6-13(22)7-5-12)11(2)24-21-17(10)18(23)19(31-21)20(29)25-16-9-27(3)26-30-16/h4-7,9H,8H2,1-3H3,(H2-,23,25,26,29). The van der Waals surface area contributed by atoms with Crippen molar-refractivity contribution in [3.63, 3.8) is 0 Å². The van der Waals surface area contributed by atoms with Gasteiger partial charge in [-0.3, -0.25) is 9.32 Å². The van der Waals surface area contributed by atoms with Crippen LogP contribution in [0.3, 0.4) is 0 Å². The number of halogens is 1. The van der Waals surface area contributed by atoms with Crippen LogP contribution < -0.4 is 15.5 Å². The van der Waals surface area contributed by atoms with Gasteiger partial charge in [0.1, 0.15) is 4.83 Å². The van der Waals surface area contributed by atoms with Crippen molar-refractivity contribution in [1.29, 1.82) is 0 Å². The number of rotatable bonds is 5. The molecule has 0 saturated carbocycles. The Labute approximate surface area is 190 Å². The Balaban J connectivity index is 1.74. The molecule has 0 amide bonds. The van der Waals surface area contributed by atoms with Gasteiger partial charge in [-0.05, 0) is 37.1 Å². The zero-order valence-electron chi connectivity index (χ0n) is 17.0. The van der Waals surface area contributed by atoms with E-state index in [0.717, 1.165) is 21.3 Å². The van der Waals surface area contributed by atoms with Gasteiger partial charge in [-0.25, -0.2) is 9.98 Å². The maximum Gasteiger partial charge on any atom is 0.320 e. The Morgan fingerprint density at radius 1 is 1.32 bits per heavy atom. The average molecular weight is 500 g/mol. The quantitative estimate of drug-likeness (QED) is 0.195. The van der Waals surface area contributed by atoms with Gasteiger partial charge in [0, 0.05) is 33.4 Å². The minimum Gasteiger partial charge on any atom is -0.857 e. The van der Waals surface area contributed by atoms with Gasteiger partial charge >= 0.3 is 5.88 Å². The molecular weight excluding hydrogens is 482 g/mol. The largest absolute Gasteiger partial charge is 0.857 e. The van der Waals surface area contributed by atoms with Crippen molar-refractivity contribution in [1.82, 2.24) is 10.3 Å². The molecule has 4 rings (SSSR count). The fraction of sp³-hybridized carbons (Fsp3) is 0.190. The van der Waals surface area contributed by atoms with Crippen molar-refractivity contribution in [3.8, 4) is 0 Å². The molecule has 0 aliphatic heterocycles. The molecule has 3 aromatic heterocycles. The van der Waals surface area contributed by atoms with E-state index in [1.165, 1.54) is 22.2 Å². The van der Waals surface area contributed by atoms with Gasteiger partial charge in [-0.1, -0.05) is 32.7 Å². The first-order chi connectivity index (χ1) is 14.7. The first-order valence-electron chi connectivity index (χ1n) is 9.30. The zero-order valence-corrected chi connectivity index (χ0v) is 19.4. The number of nitrogen functional groups attached to an aromatic ring is 1. The summed E-state index contributed by atoms with van der Waals surface area (Å²) in [6.45, 7) is 3.75. The Hall–Kier alpha value is -3.11. The summed E-state index contributed by atoms with van der Waals surface area (Å²) < 4.78 is 7.28. The fourth-order valence-corrected chi connectivity index (χ4v) is 4.70. The number of anilines is 1. The van der Waals surface area contributed by atoms with Gasteiger partial charge in [0.15, 0.2) is 18.1 Å². The number of aryl methyl sites for hydroxylation is 3. The lowest BCUT2D eigenvalue weighted by molar-refractivity contribution is -0.739. The van der Waals surface area contributed by atoms with Crippen molar-refractivity contribution in [2.24, 2.45) is 12.0 Å². The van der Waals surface area contributed by atoms with Crippen LogP contribution in [0.25, 0.3) is 10.2 Å². The number of benzene rings is 1. The van der Waals surface area contributed by atoms with Gasteiger partial charge in [-0.15, -0.1) is 11.3 Å². The number of fused-ring (bicyclic) bond motifs is 1. The number of aromatic nitrogens is 3. The van der Waals surface area contributed by atoms with Crippen molar-refractivity contribution in [2.45, 2.75) is 20.3 Å². The van der Waals surface area contributed by atoms with Gasteiger partial charge in [-0.2, -0.15) is 0 Å². The number of thiophene rings is 1. The summed E-state index contributed by atoms with van der Waals surface area (Å²) in [7, 11) is 1.66. The van der Waals surface area contributed by atoms with Gasteiger partial charge in [0.2, 0.25) is 0 Å². The highest BCUT2D eigenvalue weighted by atomic mass is 79.9. The van der Waals surface area contributed by atoms with Crippen LogP contribution in [0, 0.1) is 13.8 Å². The highest BCUT2D eigenvalue weighted by Gasteiger charge is 2.20. The molecule has 0 saturated heterocycles. The lowest BCUT2D eigenvalue weighted by Crippen LogP contribution is -2.27. The Morgan fingerprint density at radius 3 is 2.68 bits per heavy atom. The number of carbonyl (C=O) groups excluding carboxylic acids is 1. The van der Waals surface area contributed by atoms with E-state index in [9.17, 15) is 9.90 Å². The predicted molar refractivity (Wildman–Crippen MR) is 120 cm³/mol. The summed E-state index contributed by atoms with van der Waals surface area (Å²) in [5.74, 6) is -0.453. The number of aliphatic imine (C=N–C) groups is 1. The summed E-state index contributed by atoms with van der Waals surface area (Å²) in [4.78, 5) is 22.3. The fourth-order valence-electron chi connectivity index (χ4n) is 3.35. The van der Waals surface area contributed by atoms with E-state index < -0.39 is 5.90 Å². The number of Topliss-reactive ketones (excluding diaryl/α,β-unsaturated/α-hetero) is 1. The van der Waals surface area contributed by atoms with E-state index in [1.54, 1.807) is 19.2 Å². The molecule has 0 aliphatic carbocycles. The number of hydrogen-bond donors (Lipinski definition) is 1.